The lowest BCUT2D eigenvalue weighted by molar-refractivity contribution is 0.191. The van der Waals surface area contributed by atoms with Crippen LogP contribution in [0.25, 0.3) is 66.1 Å². The van der Waals surface area contributed by atoms with Gasteiger partial charge in [-0.3, -0.25) is 0 Å². The molecule has 0 radical (unpaired) electrons. The summed E-state index contributed by atoms with van der Waals surface area (Å²) in [5.74, 6) is 3.23. The number of para-hydroxylation sites is 1. The van der Waals surface area contributed by atoms with E-state index in [9.17, 15) is 0 Å². The van der Waals surface area contributed by atoms with Crippen molar-refractivity contribution in [3.63, 3.8) is 0 Å². The molecule has 1 heterocycles. The zero-order valence-electron chi connectivity index (χ0n) is 31.7. The van der Waals surface area contributed by atoms with Crippen LogP contribution in [-0.4, -0.2) is 0 Å². The summed E-state index contributed by atoms with van der Waals surface area (Å²) in [7, 11) is 0. The fourth-order valence-electron chi connectivity index (χ4n) is 12.5. The predicted molar refractivity (Wildman–Crippen MR) is 235 cm³/mol. The summed E-state index contributed by atoms with van der Waals surface area (Å²) in [5.41, 5.74) is 16.4. The quantitative estimate of drug-likeness (QED) is 0.175. The molecule has 2 nitrogen and oxygen atoms in total. The van der Waals surface area contributed by atoms with E-state index in [2.05, 4.69) is 181 Å². The van der Waals surface area contributed by atoms with E-state index in [-0.39, 0.29) is 5.41 Å². The van der Waals surface area contributed by atoms with Crippen molar-refractivity contribution in [1.82, 2.24) is 0 Å². The minimum absolute atomic E-state index is 0.119. The molecular formula is C55H41NO. The molecule has 0 aliphatic heterocycles. The molecule has 14 rings (SSSR count). The SMILES string of the molecule is c1ccc(-c2ccc3c(c2)-c2cc(N(c4ccc(-c5cccc6ccccc56)cc4)c4ccc5c(c4)oc4ccccc45)ccc2C32C3CC4CC(C3)C2C4)cc1. The molecule has 5 atom stereocenters. The monoisotopic (exact) mass is 731 g/mol. The first kappa shape index (κ1) is 31.8. The molecule has 5 aliphatic rings. The Kier molecular flexibility index (Phi) is 6.59. The zero-order valence-corrected chi connectivity index (χ0v) is 31.7. The summed E-state index contributed by atoms with van der Waals surface area (Å²) in [6, 6.07) is 65.5. The van der Waals surface area contributed by atoms with Gasteiger partial charge in [-0.2, -0.15) is 0 Å². The minimum atomic E-state index is 0.119. The molecule has 57 heavy (non-hydrogen) atoms. The van der Waals surface area contributed by atoms with Crippen molar-refractivity contribution in [2.45, 2.75) is 31.1 Å². The molecule has 4 fully saturated rings. The molecule has 0 N–H and O–H groups in total. The smallest absolute Gasteiger partial charge is 0.137 e. The second-order valence-electron chi connectivity index (χ2n) is 17.3. The Morgan fingerprint density at radius 2 is 1.12 bits per heavy atom. The maximum absolute atomic E-state index is 6.50. The molecule has 4 saturated carbocycles. The maximum atomic E-state index is 6.50. The predicted octanol–water partition coefficient (Wildman–Crippen LogP) is 14.9. The van der Waals surface area contributed by atoms with Gasteiger partial charge in [0.05, 0.1) is 0 Å². The first-order chi connectivity index (χ1) is 28.2. The maximum Gasteiger partial charge on any atom is 0.137 e. The van der Waals surface area contributed by atoms with Crippen molar-refractivity contribution in [2.75, 3.05) is 4.90 Å². The van der Waals surface area contributed by atoms with E-state index >= 15 is 0 Å². The first-order valence-corrected chi connectivity index (χ1v) is 20.9. The highest BCUT2D eigenvalue weighted by molar-refractivity contribution is 6.06. The summed E-state index contributed by atoms with van der Waals surface area (Å²) in [5, 5.41) is 4.83. The lowest BCUT2D eigenvalue weighted by Gasteiger charge is -2.44. The molecule has 0 amide bonds. The topological polar surface area (TPSA) is 16.4 Å². The second kappa shape index (κ2) is 11.8. The van der Waals surface area contributed by atoms with Crippen LogP contribution in [0.1, 0.15) is 36.8 Å². The van der Waals surface area contributed by atoms with E-state index in [0.717, 1.165) is 57.0 Å². The van der Waals surface area contributed by atoms with Crippen LogP contribution < -0.4 is 4.90 Å². The summed E-state index contributed by atoms with van der Waals surface area (Å²) >= 11 is 0. The normalized spacial score (nSPS) is 22.5. The molecule has 5 aliphatic carbocycles. The van der Waals surface area contributed by atoms with Gasteiger partial charge in [0.1, 0.15) is 11.2 Å². The van der Waals surface area contributed by atoms with Crippen molar-refractivity contribution >= 4 is 49.8 Å². The van der Waals surface area contributed by atoms with E-state index in [1.54, 1.807) is 11.1 Å². The van der Waals surface area contributed by atoms with Gasteiger partial charge in [0, 0.05) is 39.3 Å². The molecule has 8 aromatic carbocycles. The molecule has 0 saturated heterocycles. The van der Waals surface area contributed by atoms with Gasteiger partial charge in [-0.25, -0.2) is 0 Å². The third-order valence-electron chi connectivity index (χ3n) is 14.6. The highest BCUT2D eigenvalue weighted by atomic mass is 16.3. The molecule has 272 valence electrons. The van der Waals surface area contributed by atoms with Gasteiger partial charge >= 0.3 is 0 Å². The number of fused-ring (bicyclic) bond motifs is 7. The van der Waals surface area contributed by atoms with E-state index in [1.807, 2.05) is 0 Å². The van der Waals surface area contributed by atoms with Crippen LogP contribution in [-0.2, 0) is 5.41 Å². The van der Waals surface area contributed by atoms with E-state index < -0.39 is 0 Å². The Hall–Kier alpha value is -6.38. The van der Waals surface area contributed by atoms with Crippen LogP contribution in [0.15, 0.2) is 180 Å². The lowest BCUT2D eigenvalue weighted by Crippen LogP contribution is -2.40. The lowest BCUT2D eigenvalue weighted by atomic mass is 9.59. The first-order valence-electron chi connectivity index (χ1n) is 20.9. The minimum Gasteiger partial charge on any atom is -0.456 e. The summed E-state index contributed by atoms with van der Waals surface area (Å²) in [4.78, 5) is 2.44. The number of hydrogen-bond donors (Lipinski definition) is 0. The fourth-order valence-corrected chi connectivity index (χ4v) is 12.5. The Bertz CT molecular complexity index is 3060. The van der Waals surface area contributed by atoms with Crippen molar-refractivity contribution in [1.29, 1.82) is 0 Å². The summed E-state index contributed by atoms with van der Waals surface area (Å²) < 4.78 is 6.50. The number of rotatable bonds is 5. The second-order valence-corrected chi connectivity index (χ2v) is 17.3. The van der Waals surface area contributed by atoms with Crippen LogP contribution in [0.2, 0.25) is 0 Å². The Balaban J connectivity index is 1.01. The van der Waals surface area contributed by atoms with E-state index in [0.29, 0.717) is 0 Å². The molecule has 2 heteroatoms. The zero-order chi connectivity index (χ0) is 37.2. The molecule has 1 spiro atoms. The van der Waals surface area contributed by atoms with Crippen molar-refractivity contribution in [3.05, 3.63) is 187 Å². The van der Waals surface area contributed by atoms with Gasteiger partial charge in [-0.1, -0.05) is 121 Å². The third-order valence-corrected chi connectivity index (χ3v) is 14.6. The van der Waals surface area contributed by atoms with Crippen LogP contribution in [0, 0.1) is 23.7 Å². The Morgan fingerprint density at radius 3 is 2.00 bits per heavy atom. The van der Waals surface area contributed by atoms with Crippen LogP contribution >= 0.6 is 0 Å². The van der Waals surface area contributed by atoms with E-state index in [4.69, 9.17) is 4.42 Å². The van der Waals surface area contributed by atoms with Crippen LogP contribution in [0.4, 0.5) is 17.1 Å². The molecule has 9 aromatic rings. The Morgan fingerprint density at radius 1 is 0.439 bits per heavy atom. The standard InChI is InChI=1S/C55H41NO/c1-2-9-35(10-3-1)38-19-25-50-48(31-38)49-32-42(23-26-51(49)55(50)40-28-34-27-39(30-40)52(55)29-34)56(43-22-24-47-46-14-6-7-16-53(46)57-54(47)33-43)41-20-17-37(18-21-41)45-15-8-12-36-11-4-5-13-44(36)45/h1-26,31-34,39-40,52H,27-30H2. The third kappa shape index (κ3) is 4.47. The Labute approximate surface area is 333 Å². The van der Waals surface area contributed by atoms with Gasteiger partial charge in [0.2, 0.25) is 0 Å². The molecular weight excluding hydrogens is 691 g/mol. The summed E-state index contributed by atoms with van der Waals surface area (Å²) in [6.07, 6.45) is 5.57. The van der Waals surface area contributed by atoms with Crippen LogP contribution in [0.3, 0.4) is 0 Å². The largest absolute Gasteiger partial charge is 0.456 e. The molecule has 1 aromatic heterocycles. The van der Waals surface area contributed by atoms with E-state index in [1.165, 1.54) is 75.5 Å². The average molecular weight is 732 g/mol. The highest BCUT2D eigenvalue weighted by Gasteiger charge is 2.66. The van der Waals surface area contributed by atoms with Crippen molar-refractivity contribution < 1.29 is 4.42 Å². The van der Waals surface area contributed by atoms with Gasteiger partial charge in [-0.15, -0.1) is 0 Å². The van der Waals surface area contributed by atoms with Crippen molar-refractivity contribution in [2.24, 2.45) is 23.7 Å². The summed E-state index contributed by atoms with van der Waals surface area (Å²) in [6.45, 7) is 0. The number of benzene rings is 8. The number of furan rings is 1. The molecule has 4 bridgehead atoms. The highest BCUT2D eigenvalue weighted by Crippen LogP contribution is 2.73. The number of anilines is 3. The fraction of sp³-hybridized carbons (Fsp3) is 0.164. The average Bonchev–Trinajstić information content (AvgIpc) is 3.94. The molecule has 5 unspecified atom stereocenters. The van der Waals surface area contributed by atoms with Gasteiger partial charge in [0.15, 0.2) is 0 Å². The van der Waals surface area contributed by atoms with Gasteiger partial charge in [-0.05, 0) is 153 Å². The van der Waals surface area contributed by atoms with Gasteiger partial charge < -0.3 is 9.32 Å². The van der Waals surface area contributed by atoms with Gasteiger partial charge in [0.25, 0.3) is 0 Å². The van der Waals surface area contributed by atoms with Crippen LogP contribution in [0.5, 0.6) is 0 Å². The van der Waals surface area contributed by atoms with Crippen molar-refractivity contribution in [3.8, 4) is 33.4 Å². The number of hydrogen-bond acceptors (Lipinski definition) is 2. The number of nitrogens with zero attached hydrogens (tertiary/aromatic N) is 1.